The average molecular weight is 168 g/mol. The van der Waals surface area contributed by atoms with Crippen LogP contribution >= 0.6 is 0 Å². The first-order valence-corrected chi connectivity index (χ1v) is 3.77. The highest BCUT2D eigenvalue weighted by Crippen LogP contribution is 2.09. The number of methoxy groups -OCH3 is 1. The molecule has 0 heterocycles. The van der Waals surface area contributed by atoms with Crippen LogP contribution < -0.4 is 5.73 Å². The molecule has 0 aliphatic rings. The monoisotopic (exact) mass is 168 g/mol. The first-order chi connectivity index (χ1) is 5.67. The van der Waals surface area contributed by atoms with Crippen molar-refractivity contribution in [2.75, 3.05) is 7.11 Å². The van der Waals surface area contributed by atoms with Crippen molar-refractivity contribution in [1.29, 1.82) is 0 Å². The molecule has 0 aromatic heterocycles. The minimum atomic E-state index is -0.143. The molecule has 0 rings (SSSR count). The molecule has 0 spiro atoms. The zero-order chi connectivity index (χ0) is 9.56. The van der Waals surface area contributed by atoms with Gasteiger partial charge in [0.05, 0.1) is 7.11 Å². The summed E-state index contributed by atoms with van der Waals surface area (Å²) in [5.41, 5.74) is 6.65. The molecule has 0 saturated heterocycles. The molecule has 3 nitrogen and oxygen atoms in total. The van der Waals surface area contributed by atoms with E-state index in [9.17, 15) is 0 Å². The SMILES string of the molecule is C=N/C(OC)=C(/C)C(N)/C=C\C. The van der Waals surface area contributed by atoms with E-state index in [4.69, 9.17) is 10.5 Å². The summed E-state index contributed by atoms with van der Waals surface area (Å²) in [5.74, 6) is 0.501. The van der Waals surface area contributed by atoms with Gasteiger partial charge in [-0.1, -0.05) is 12.2 Å². The standard InChI is InChI=1S/C9H16N2O/c1-5-6-8(10)7(2)9(11-3)12-4/h5-6,8H,3,10H2,1-2,4H3/b6-5-,9-7+. The van der Waals surface area contributed by atoms with Gasteiger partial charge in [-0.15, -0.1) is 0 Å². The molecule has 3 heteroatoms. The summed E-state index contributed by atoms with van der Waals surface area (Å²) in [4.78, 5) is 3.70. The highest BCUT2D eigenvalue weighted by Gasteiger charge is 2.05. The van der Waals surface area contributed by atoms with Crippen LogP contribution in [0.1, 0.15) is 13.8 Å². The van der Waals surface area contributed by atoms with Crippen LogP contribution in [0.5, 0.6) is 0 Å². The Morgan fingerprint density at radius 3 is 2.58 bits per heavy atom. The van der Waals surface area contributed by atoms with Crippen molar-refractivity contribution in [3.05, 3.63) is 23.6 Å². The molecule has 0 aliphatic heterocycles. The van der Waals surface area contributed by atoms with Gasteiger partial charge >= 0.3 is 0 Å². The van der Waals surface area contributed by atoms with E-state index in [1.165, 1.54) is 0 Å². The summed E-state index contributed by atoms with van der Waals surface area (Å²) >= 11 is 0. The third kappa shape index (κ3) is 2.88. The van der Waals surface area contributed by atoms with Gasteiger partial charge in [0.25, 0.3) is 0 Å². The number of hydrogen-bond acceptors (Lipinski definition) is 3. The molecule has 0 bridgehead atoms. The number of nitrogens with zero attached hydrogens (tertiary/aromatic N) is 1. The number of nitrogens with two attached hydrogens (primary N) is 1. The van der Waals surface area contributed by atoms with E-state index in [0.29, 0.717) is 5.88 Å². The van der Waals surface area contributed by atoms with Crippen molar-refractivity contribution >= 4 is 6.72 Å². The lowest BCUT2D eigenvalue weighted by Crippen LogP contribution is -2.19. The summed E-state index contributed by atoms with van der Waals surface area (Å²) in [6, 6.07) is -0.143. The van der Waals surface area contributed by atoms with Gasteiger partial charge in [-0.25, -0.2) is 4.99 Å². The molecule has 0 radical (unpaired) electrons. The quantitative estimate of drug-likeness (QED) is 0.392. The maximum absolute atomic E-state index is 5.77. The van der Waals surface area contributed by atoms with Gasteiger partial charge in [0.2, 0.25) is 5.88 Å². The minimum absolute atomic E-state index is 0.143. The smallest absolute Gasteiger partial charge is 0.213 e. The predicted molar refractivity (Wildman–Crippen MR) is 52.0 cm³/mol. The number of aliphatic imine (C=N–C) groups is 1. The highest BCUT2D eigenvalue weighted by atomic mass is 16.5. The van der Waals surface area contributed by atoms with Gasteiger partial charge in [-0.2, -0.15) is 0 Å². The Labute approximate surface area is 73.6 Å². The van der Waals surface area contributed by atoms with Gasteiger partial charge in [0, 0.05) is 11.6 Å². The van der Waals surface area contributed by atoms with Crippen LogP contribution in [0.25, 0.3) is 0 Å². The second-order valence-electron chi connectivity index (χ2n) is 2.40. The van der Waals surface area contributed by atoms with Crippen molar-refractivity contribution in [3.8, 4) is 0 Å². The van der Waals surface area contributed by atoms with Crippen LogP contribution in [-0.4, -0.2) is 19.9 Å². The van der Waals surface area contributed by atoms with Crippen molar-refractivity contribution < 1.29 is 4.74 Å². The highest BCUT2D eigenvalue weighted by molar-refractivity contribution is 5.30. The lowest BCUT2D eigenvalue weighted by atomic mass is 10.1. The molecular weight excluding hydrogens is 152 g/mol. The molecule has 2 N–H and O–H groups in total. The van der Waals surface area contributed by atoms with Crippen LogP contribution in [-0.2, 0) is 4.74 Å². The lowest BCUT2D eigenvalue weighted by molar-refractivity contribution is 0.282. The summed E-state index contributed by atoms with van der Waals surface area (Å²) in [7, 11) is 1.55. The van der Waals surface area contributed by atoms with E-state index < -0.39 is 0 Å². The molecule has 68 valence electrons. The summed E-state index contributed by atoms with van der Waals surface area (Å²) in [6.45, 7) is 7.17. The topological polar surface area (TPSA) is 47.6 Å². The Morgan fingerprint density at radius 2 is 2.25 bits per heavy atom. The van der Waals surface area contributed by atoms with E-state index in [1.54, 1.807) is 7.11 Å². The number of hydrogen-bond donors (Lipinski definition) is 1. The van der Waals surface area contributed by atoms with Crippen LogP contribution in [0.2, 0.25) is 0 Å². The Hall–Kier alpha value is -1.09. The fourth-order valence-corrected chi connectivity index (χ4v) is 0.844. The molecular formula is C9H16N2O. The van der Waals surface area contributed by atoms with Gasteiger partial charge in [-0.3, -0.25) is 0 Å². The Balaban J connectivity index is 4.60. The van der Waals surface area contributed by atoms with Crippen molar-refractivity contribution in [2.45, 2.75) is 19.9 Å². The van der Waals surface area contributed by atoms with Gasteiger partial charge in [0.15, 0.2) is 0 Å². The van der Waals surface area contributed by atoms with Crippen molar-refractivity contribution in [1.82, 2.24) is 0 Å². The van der Waals surface area contributed by atoms with E-state index >= 15 is 0 Å². The molecule has 1 atom stereocenters. The summed E-state index contributed by atoms with van der Waals surface area (Å²) in [5, 5.41) is 0. The second kappa shape index (κ2) is 5.55. The van der Waals surface area contributed by atoms with E-state index in [2.05, 4.69) is 11.7 Å². The number of rotatable bonds is 4. The summed E-state index contributed by atoms with van der Waals surface area (Å²) in [6.07, 6.45) is 3.77. The van der Waals surface area contributed by atoms with Gasteiger partial charge < -0.3 is 10.5 Å². The lowest BCUT2D eigenvalue weighted by Gasteiger charge is -2.09. The molecule has 0 amide bonds. The first kappa shape index (κ1) is 10.9. The van der Waals surface area contributed by atoms with E-state index in [-0.39, 0.29) is 6.04 Å². The maximum Gasteiger partial charge on any atom is 0.213 e. The second-order valence-corrected chi connectivity index (χ2v) is 2.40. The van der Waals surface area contributed by atoms with Crippen LogP contribution in [0, 0.1) is 0 Å². The Kier molecular flexibility index (Phi) is 5.04. The molecule has 1 unspecified atom stereocenters. The van der Waals surface area contributed by atoms with Crippen molar-refractivity contribution in [3.63, 3.8) is 0 Å². The Morgan fingerprint density at radius 1 is 1.67 bits per heavy atom. The molecule has 0 aliphatic carbocycles. The third-order valence-corrected chi connectivity index (χ3v) is 1.57. The summed E-state index contributed by atoms with van der Waals surface area (Å²) < 4.78 is 4.97. The fraction of sp³-hybridized carbons (Fsp3) is 0.444. The fourth-order valence-electron chi connectivity index (χ4n) is 0.844. The van der Waals surface area contributed by atoms with Crippen LogP contribution in [0.15, 0.2) is 28.6 Å². The predicted octanol–water partition coefficient (Wildman–Crippen LogP) is 1.47. The molecule has 0 aromatic rings. The van der Waals surface area contributed by atoms with Gasteiger partial charge in [-0.05, 0) is 20.6 Å². The zero-order valence-electron chi connectivity index (χ0n) is 7.87. The van der Waals surface area contributed by atoms with Gasteiger partial charge in [0.1, 0.15) is 0 Å². The van der Waals surface area contributed by atoms with E-state index in [1.807, 2.05) is 26.0 Å². The Bertz CT molecular complexity index is 207. The van der Waals surface area contributed by atoms with Crippen LogP contribution in [0.3, 0.4) is 0 Å². The molecule has 0 fully saturated rings. The molecule has 0 aromatic carbocycles. The molecule has 0 saturated carbocycles. The van der Waals surface area contributed by atoms with Crippen LogP contribution in [0.4, 0.5) is 0 Å². The maximum atomic E-state index is 5.77. The number of allylic oxidation sites excluding steroid dienone is 1. The molecule has 12 heavy (non-hydrogen) atoms. The average Bonchev–Trinajstić information content (AvgIpc) is 2.07. The number of ether oxygens (including phenoxy) is 1. The first-order valence-electron chi connectivity index (χ1n) is 3.77. The van der Waals surface area contributed by atoms with Crippen molar-refractivity contribution in [2.24, 2.45) is 10.7 Å². The normalized spacial score (nSPS) is 15.7. The minimum Gasteiger partial charge on any atom is -0.481 e. The largest absolute Gasteiger partial charge is 0.481 e. The third-order valence-electron chi connectivity index (χ3n) is 1.57. The van der Waals surface area contributed by atoms with E-state index in [0.717, 1.165) is 5.57 Å². The zero-order valence-corrected chi connectivity index (χ0v) is 7.87.